The molecule has 2 aromatic rings. The van der Waals surface area contributed by atoms with Gasteiger partial charge in [0.25, 0.3) is 0 Å². The summed E-state index contributed by atoms with van der Waals surface area (Å²) in [5, 5.41) is 3.58. The van der Waals surface area contributed by atoms with Crippen LogP contribution in [0.5, 0.6) is 0 Å². The highest BCUT2D eigenvalue weighted by Gasteiger charge is 2.38. The summed E-state index contributed by atoms with van der Waals surface area (Å²) in [6.07, 6.45) is 7.67. The Kier molecular flexibility index (Phi) is 3.65. The SMILES string of the molecule is Cc1cc(N2C[C@H]3CC[C@H]2c2ccccc23)nc(NC2CCCC2)n1. The molecule has 4 nitrogen and oxygen atoms in total. The van der Waals surface area contributed by atoms with Crippen LogP contribution in [0, 0.1) is 6.92 Å². The Balaban J connectivity index is 1.46. The number of rotatable bonds is 3. The molecule has 2 atom stereocenters. The second kappa shape index (κ2) is 6.01. The van der Waals surface area contributed by atoms with Crippen LogP contribution in [-0.4, -0.2) is 22.6 Å². The van der Waals surface area contributed by atoms with Crippen LogP contribution in [-0.2, 0) is 0 Å². The molecule has 2 fully saturated rings. The molecule has 1 aromatic carbocycles. The molecule has 1 N–H and O–H groups in total. The Bertz CT molecular complexity index is 781. The number of benzene rings is 1. The first-order valence-electron chi connectivity index (χ1n) is 9.75. The van der Waals surface area contributed by atoms with Gasteiger partial charge in [-0.25, -0.2) is 4.98 Å². The third-order valence-corrected chi connectivity index (χ3v) is 6.20. The largest absolute Gasteiger partial charge is 0.351 e. The molecule has 25 heavy (non-hydrogen) atoms. The summed E-state index contributed by atoms with van der Waals surface area (Å²) in [5.41, 5.74) is 4.12. The minimum absolute atomic E-state index is 0.467. The van der Waals surface area contributed by atoms with Crippen LogP contribution in [0.2, 0.25) is 0 Å². The van der Waals surface area contributed by atoms with E-state index in [1.54, 1.807) is 5.56 Å². The lowest BCUT2D eigenvalue weighted by atomic mass is 9.75. The van der Waals surface area contributed by atoms with E-state index in [2.05, 4.69) is 52.5 Å². The van der Waals surface area contributed by atoms with E-state index in [0.29, 0.717) is 18.0 Å². The number of hydrogen-bond donors (Lipinski definition) is 1. The minimum atomic E-state index is 0.467. The highest BCUT2D eigenvalue weighted by Crippen LogP contribution is 2.47. The Morgan fingerprint density at radius 1 is 1.00 bits per heavy atom. The summed E-state index contributed by atoms with van der Waals surface area (Å²) in [7, 11) is 0. The van der Waals surface area contributed by atoms with E-state index < -0.39 is 0 Å². The third kappa shape index (κ3) is 2.68. The van der Waals surface area contributed by atoms with Crippen LogP contribution in [0.1, 0.15) is 67.3 Å². The predicted molar refractivity (Wildman–Crippen MR) is 101 cm³/mol. The van der Waals surface area contributed by atoms with E-state index in [1.165, 1.54) is 44.1 Å². The Morgan fingerprint density at radius 3 is 2.64 bits per heavy atom. The number of aromatic nitrogens is 2. The lowest BCUT2D eigenvalue weighted by Gasteiger charge is -2.47. The summed E-state index contributed by atoms with van der Waals surface area (Å²) in [6.45, 7) is 3.17. The second-order valence-electron chi connectivity index (χ2n) is 7.89. The molecule has 0 amide bonds. The molecule has 1 saturated carbocycles. The second-order valence-corrected chi connectivity index (χ2v) is 7.89. The van der Waals surface area contributed by atoms with Gasteiger partial charge in [-0.05, 0) is 43.7 Å². The molecule has 2 bridgehead atoms. The zero-order chi connectivity index (χ0) is 16.8. The van der Waals surface area contributed by atoms with Gasteiger partial charge in [0.05, 0.1) is 6.04 Å². The molecule has 0 unspecified atom stereocenters. The van der Waals surface area contributed by atoms with E-state index in [1.807, 2.05) is 0 Å². The van der Waals surface area contributed by atoms with Gasteiger partial charge in [0, 0.05) is 30.3 Å². The maximum absolute atomic E-state index is 4.92. The van der Waals surface area contributed by atoms with E-state index in [0.717, 1.165) is 24.0 Å². The molecular formula is C21H26N4. The van der Waals surface area contributed by atoms with Crippen molar-refractivity contribution in [1.82, 2.24) is 9.97 Å². The van der Waals surface area contributed by atoms with Gasteiger partial charge < -0.3 is 10.2 Å². The van der Waals surface area contributed by atoms with E-state index in [9.17, 15) is 0 Å². The Morgan fingerprint density at radius 2 is 1.80 bits per heavy atom. The van der Waals surface area contributed by atoms with Crippen LogP contribution in [0.3, 0.4) is 0 Å². The standard InChI is InChI=1S/C21H26N4/c1-14-12-20(24-21(22-14)23-16-6-2-3-7-16)25-13-15-10-11-19(25)18-9-5-4-8-17(15)18/h4-5,8-9,12,15-16,19H,2-3,6-7,10-11,13H2,1H3,(H,22,23,24)/t15-,19+/m1/s1. The molecule has 2 aliphatic heterocycles. The molecule has 3 heterocycles. The fourth-order valence-corrected chi connectivity index (χ4v) is 5.00. The summed E-state index contributed by atoms with van der Waals surface area (Å²) < 4.78 is 0. The molecule has 1 aromatic heterocycles. The van der Waals surface area contributed by atoms with Gasteiger partial charge in [-0.3, -0.25) is 0 Å². The van der Waals surface area contributed by atoms with Gasteiger partial charge in [0.1, 0.15) is 5.82 Å². The van der Waals surface area contributed by atoms with E-state index in [-0.39, 0.29) is 0 Å². The smallest absolute Gasteiger partial charge is 0.225 e. The van der Waals surface area contributed by atoms with Crippen LogP contribution < -0.4 is 10.2 Å². The molecule has 0 spiro atoms. The Hall–Kier alpha value is -2.10. The number of hydrogen-bond acceptors (Lipinski definition) is 4. The topological polar surface area (TPSA) is 41.1 Å². The number of anilines is 2. The van der Waals surface area contributed by atoms with Crippen molar-refractivity contribution in [2.75, 3.05) is 16.8 Å². The summed E-state index contributed by atoms with van der Waals surface area (Å²) >= 11 is 0. The van der Waals surface area contributed by atoms with Crippen LogP contribution >= 0.6 is 0 Å². The first kappa shape index (κ1) is 15.2. The lowest BCUT2D eigenvalue weighted by Crippen LogP contribution is -2.43. The Labute approximate surface area is 149 Å². The maximum Gasteiger partial charge on any atom is 0.225 e. The zero-order valence-corrected chi connectivity index (χ0v) is 14.9. The molecule has 0 radical (unpaired) electrons. The van der Waals surface area contributed by atoms with Crippen LogP contribution in [0.15, 0.2) is 30.3 Å². The average molecular weight is 334 g/mol. The molecular weight excluding hydrogens is 308 g/mol. The van der Waals surface area contributed by atoms with Crippen molar-refractivity contribution >= 4 is 11.8 Å². The van der Waals surface area contributed by atoms with Crippen molar-refractivity contribution in [3.63, 3.8) is 0 Å². The number of nitrogens with zero attached hydrogens (tertiary/aromatic N) is 3. The van der Waals surface area contributed by atoms with E-state index >= 15 is 0 Å². The number of aryl methyl sites for hydroxylation is 1. The van der Waals surface area contributed by atoms with Crippen molar-refractivity contribution in [2.24, 2.45) is 0 Å². The highest BCUT2D eigenvalue weighted by molar-refractivity contribution is 5.53. The fourth-order valence-electron chi connectivity index (χ4n) is 5.00. The summed E-state index contributed by atoms with van der Waals surface area (Å²) in [4.78, 5) is 12.1. The van der Waals surface area contributed by atoms with Gasteiger partial charge in [-0.1, -0.05) is 37.1 Å². The van der Waals surface area contributed by atoms with Crippen molar-refractivity contribution in [3.8, 4) is 0 Å². The third-order valence-electron chi connectivity index (χ3n) is 6.20. The van der Waals surface area contributed by atoms with Crippen molar-refractivity contribution in [2.45, 2.75) is 63.5 Å². The zero-order valence-electron chi connectivity index (χ0n) is 14.9. The quantitative estimate of drug-likeness (QED) is 0.892. The minimum Gasteiger partial charge on any atom is -0.351 e. The normalized spacial score (nSPS) is 25.2. The first-order valence-corrected chi connectivity index (χ1v) is 9.75. The van der Waals surface area contributed by atoms with Gasteiger partial charge in [0.2, 0.25) is 5.95 Å². The molecule has 2 aliphatic carbocycles. The highest BCUT2D eigenvalue weighted by atomic mass is 15.3. The number of nitrogens with one attached hydrogen (secondary N) is 1. The van der Waals surface area contributed by atoms with E-state index in [4.69, 9.17) is 4.98 Å². The first-order chi connectivity index (χ1) is 12.3. The summed E-state index contributed by atoms with van der Waals surface area (Å²) in [6, 6.07) is 12.2. The van der Waals surface area contributed by atoms with Gasteiger partial charge in [-0.15, -0.1) is 0 Å². The molecule has 130 valence electrons. The monoisotopic (exact) mass is 334 g/mol. The van der Waals surface area contributed by atoms with Crippen molar-refractivity contribution in [3.05, 3.63) is 47.2 Å². The van der Waals surface area contributed by atoms with Crippen LogP contribution in [0.4, 0.5) is 11.8 Å². The lowest BCUT2D eigenvalue weighted by molar-refractivity contribution is 0.387. The van der Waals surface area contributed by atoms with Gasteiger partial charge in [-0.2, -0.15) is 4.98 Å². The van der Waals surface area contributed by atoms with Gasteiger partial charge in [0.15, 0.2) is 0 Å². The van der Waals surface area contributed by atoms with Crippen LogP contribution in [0.25, 0.3) is 0 Å². The van der Waals surface area contributed by atoms with Gasteiger partial charge >= 0.3 is 0 Å². The number of piperidine rings is 1. The molecule has 4 aliphatic rings. The predicted octanol–water partition coefficient (Wildman–Crippen LogP) is 4.58. The summed E-state index contributed by atoms with van der Waals surface area (Å²) in [5.74, 6) is 2.55. The molecule has 4 heteroatoms. The fraction of sp³-hybridized carbons (Fsp3) is 0.524. The number of fused-ring (bicyclic) bond motifs is 2. The molecule has 1 saturated heterocycles. The van der Waals surface area contributed by atoms with Crippen molar-refractivity contribution < 1.29 is 0 Å². The molecule has 6 rings (SSSR count). The van der Waals surface area contributed by atoms with Crippen molar-refractivity contribution in [1.29, 1.82) is 0 Å². The average Bonchev–Trinajstić information content (AvgIpc) is 3.15. The maximum atomic E-state index is 4.92.